The highest BCUT2D eigenvalue weighted by Crippen LogP contribution is 2.43. The quantitative estimate of drug-likeness (QED) is 0.555. The van der Waals surface area contributed by atoms with E-state index in [9.17, 15) is 9.18 Å². The Labute approximate surface area is 196 Å². The number of hydrogen-bond acceptors (Lipinski definition) is 4. The Kier molecular flexibility index (Phi) is 7.23. The highest BCUT2D eigenvalue weighted by atomic mass is 19.1. The van der Waals surface area contributed by atoms with Gasteiger partial charge >= 0.3 is 0 Å². The van der Waals surface area contributed by atoms with Crippen molar-refractivity contribution in [2.75, 3.05) is 39.4 Å². The lowest BCUT2D eigenvalue weighted by molar-refractivity contribution is -0.127. The van der Waals surface area contributed by atoms with Crippen LogP contribution < -0.4 is 9.47 Å². The zero-order valence-electron chi connectivity index (χ0n) is 20.0. The second-order valence-corrected chi connectivity index (χ2v) is 9.20. The fourth-order valence-corrected chi connectivity index (χ4v) is 5.22. The number of amides is 1. The predicted octanol–water partition coefficient (Wildman–Crippen LogP) is 5.12. The van der Waals surface area contributed by atoms with E-state index in [-0.39, 0.29) is 11.2 Å². The minimum atomic E-state index is -0.264. The molecule has 6 heteroatoms. The molecule has 0 aromatic heterocycles. The minimum Gasteiger partial charge on any atom is -0.493 e. The number of rotatable bonds is 8. The van der Waals surface area contributed by atoms with E-state index in [1.54, 1.807) is 12.1 Å². The number of nitrogens with zero attached hydrogens (tertiary/aromatic N) is 2. The van der Waals surface area contributed by atoms with E-state index in [1.807, 2.05) is 18.7 Å². The smallest absolute Gasteiger partial charge is 0.223 e. The largest absolute Gasteiger partial charge is 0.493 e. The van der Waals surface area contributed by atoms with Crippen LogP contribution in [0.3, 0.4) is 0 Å². The van der Waals surface area contributed by atoms with Crippen molar-refractivity contribution in [3.05, 3.63) is 47.8 Å². The van der Waals surface area contributed by atoms with Crippen LogP contribution in [-0.4, -0.2) is 55.1 Å². The van der Waals surface area contributed by atoms with Crippen LogP contribution in [0.1, 0.15) is 45.6 Å². The van der Waals surface area contributed by atoms with Gasteiger partial charge in [0.2, 0.25) is 5.91 Å². The maximum atomic E-state index is 13.5. The maximum absolute atomic E-state index is 13.5. The van der Waals surface area contributed by atoms with Gasteiger partial charge in [-0.05, 0) is 87.5 Å². The molecule has 4 rings (SSSR count). The molecular weight excluding hydrogens is 419 g/mol. The van der Waals surface area contributed by atoms with Crippen molar-refractivity contribution in [1.29, 1.82) is 0 Å². The van der Waals surface area contributed by atoms with Crippen molar-refractivity contribution >= 4 is 5.91 Å². The highest BCUT2D eigenvalue weighted by molar-refractivity contribution is 5.79. The summed E-state index contributed by atoms with van der Waals surface area (Å²) in [6.07, 6.45) is 2.81. The fourth-order valence-electron chi connectivity index (χ4n) is 5.22. The third kappa shape index (κ3) is 5.16. The van der Waals surface area contributed by atoms with Crippen molar-refractivity contribution in [3.8, 4) is 22.6 Å². The summed E-state index contributed by atoms with van der Waals surface area (Å²) >= 11 is 0. The Hall–Kier alpha value is -2.60. The van der Waals surface area contributed by atoms with Gasteiger partial charge in [0, 0.05) is 26.1 Å². The summed E-state index contributed by atoms with van der Waals surface area (Å²) in [6, 6.07) is 10.6. The van der Waals surface area contributed by atoms with Gasteiger partial charge < -0.3 is 14.4 Å². The molecule has 2 saturated heterocycles. The van der Waals surface area contributed by atoms with E-state index in [4.69, 9.17) is 9.47 Å². The summed E-state index contributed by atoms with van der Waals surface area (Å²) in [5.74, 6) is 1.57. The molecule has 33 heavy (non-hydrogen) atoms. The van der Waals surface area contributed by atoms with Gasteiger partial charge in [-0.3, -0.25) is 9.69 Å². The van der Waals surface area contributed by atoms with E-state index in [1.165, 1.54) is 12.1 Å². The van der Waals surface area contributed by atoms with Gasteiger partial charge in [-0.1, -0.05) is 12.1 Å². The molecule has 1 amide bonds. The Morgan fingerprint density at radius 2 is 1.58 bits per heavy atom. The third-order valence-corrected chi connectivity index (χ3v) is 6.97. The minimum absolute atomic E-state index is 0.156. The number of ether oxygens (including phenoxy) is 2. The first kappa shape index (κ1) is 23.6. The van der Waals surface area contributed by atoms with Gasteiger partial charge in [0.25, 0.3) is 0 Å². The lowest BCUT2D eigenvalue weighted by atomic mass is 9.77. The molecular formula is C27H35FN2O3. The van der Waals surface area contributed by atoms with E-state index < -0.39 is 0 Å². The highest BCUT2D eigenvalue weighted by Gasteiger charge is 2.44. The summed E-state index contributed by atoms with van der Waals surface area (Å²) in [7, 11) is 0. The van der Waals surface area contributed by atoms with Gasteiger partial charge in [-0.25, -0.2) is 4.39 Å². The molecule has 5 nitrogen and oxygen atoms in total. The van der Waals surface area contributed by atoms with E-state index in [0.717, 1.165) is 73.8 Å². The number of likely N-dealkylation sites (tertiary alicyclic amines) is 2. The van der Waals surface area contributed by atoms with Crippen LogP contribution in [0, 0.1) is 11.2 Å². The molecule has 2 aromatic carbocycles. The Bertz CT molecular complexity index is 941. The number of piperidine rings is 1. The molecule has 0 saturated carbocycles. The Balaban J connectivity index is 1.54. The van der Waals surface area contributed by atoms with Crippen LogP contribution in [0.2, 0.25) is 0 Å². The Morgan fingerprint density at radius 3 is 2.09 bits per heavy atom. The molecule has 2 aliphatic rings. The van der Waals surface area contributed by atoms with E-state index >= 15 is 0 Å². The zero-order valence-corrected chi connectivity index (χ0v) is 20.0. The molecule has 0 aliphatic carbocycles. The second kappa shape index (κ2) is 10.1. The summed E-state index contributed by atoms with van der Waals surface area (Å²) in [4.78, 5) is 16.7. The summed E-state index contributed by atoms with van der Waals surface area (Å²) in [6.45, 7) is 11.6. The van der Waals surface area contributed by atoms with Gasteiger partial charge in [-0.15, -0.1) is 0 Å². The van der Waals surface area contributed by atoms with Crippen molar-refractivity contribution in [2.45, 2.75) is 46.6 Å². The van der Waals surface area contributed by atoms with Crippen molar-refractivity contribution in [3.63, 3.8) is 0 Å². The summed E-state index contributed by atoms with van der Waals surface area (Å²) in [5.41, 5.74) is 3.04. The first-order chi connectivity index (χ1) is 16.0. The van der Waals surface area contributed by atoms with Gasteiger partial charge in [-0.2, -0.15) is 0 Å². The number of halogens is 1. The number of hydrogen-bond donors (Lipinski definition) is 0. The molecule has 2 fully saturated rings. The van der Waals surface area contributed by atoms with Crippen LogP contribution in [0.4, 0.5) is 4.39 Å². The first-order valence-corrected chi connectivity index (χ1v) is 12.2. The van der Waals surface area contributed by atoms with Gasteiger partial charge in [0.15, 0.2) is 0 Å². The van der Waals surface area contributed by atoms with Gasteiger partial charge in [0.05, 0.1) is 18.8 Å². The average molecular weight is 455 g/mol. The topological polar surface area (TPSA) is 42.0 Å². The van der Waals surface area contributed by atoms with E-state index in [0.29, 0.717) is 25.5 Å². The first-order valence-electron chi connectivity index (χ1n) is 12.2. The second-order valence-electron chi connectivity index (χ2n) is 9.20. The predicted molar refractivity (Wildman–Crippen MR) is 128 cm³/mol. The molecule has 0 radical (unpaired) electrons. The number of carbonyl (C=O) groups excluding carboxylic acids is 1. The molecule has 0 N–H and O–H groups in total. The van der Waals surface area contributed by atoms with Crippen LogP contribution >= 0.6 is 0 Å². The normalized spacial score (nSPS) is 18.2. The van der Waals surface area contributed by atoms with Crippen molar-refractivity contribution in [1.82, 2.24) is 9.80 Å². The van der Waals surface area contributed by atoms with Crippen LogP contribution in [0.15, 0.2) is 36.4 Å². The standard InChI is InChI=1S/C27H35FN2O3/c1-4-30-19-27(17-25(30)31)11-13-29(14-12-27)18-20-15-23(32-5-2)26(24(16-20)33-6-3)21-7-9-22(28)10-8-21/h7-10,15-16H,4-6,11-14,17-19H2,1-3H3. The molecule has 0 unspecified atom stereocenters. The molecule has 0 bridgehead atoms. The molecule has 2 heterocycles. The monoisotopic (exact) mass is 454 g/mol. The molecule has 178 valence electrons. The van der Waals surface area contributed by atoms with Gasteiger partial charge in [0.1, 0.15) is 17.3 Å². The van der Waals surface area contributed by atoms with Crippen LogP contribution in [-0.2, 0) is 11.3 Å². The number of benzene rings is 2. The molecule has 2 aliphatic heterocycles. The summed E-state index contributed by atoms with van der Waals surface area (Å²) in [5, 5.41) is 0. The molecule has 0 atom stereocenters. The van der Waals surface area contributed by atoms with Crippen LogP contribution in [0.25, 0.3) is 11.1 Å². The lowest BCUT2D eigenvalue weighted by Gasteiger charge is -2.39. The molecule has 1 spiro atoms. The Morgan fingerprint density at radius 1 is 0.970 bits per heavy atom. The number of carbonyl (C=O) groups is 1. The zero-order chi connectivity index (χ0) is 23.4. The molecule has 2 aromatic rings. The SMILES string of the molecule is CCOc1cc(CN2CCC3(CC2)CC(=O)N(CC)C3)cc(OCC)c1-c1ccc(F)cc1. The van der Waals surface area contributed by atoms with Crippen molar-refractivity contribution in [2.24, 2.45) is 5.41 Å². The van der Waals surface area contributed by atoms with E-state index in [2.05, 4.69) is 24.0 Å². The van der Waals surface area contributed by atoms with Crippen molar-refractivity contribution < 1.29 is 18.7 Å². The average Bonchev–Trinajstić information content (AvgIpc) is 3.12. The fraction of sp³-hybridized carbons (Fsp3) is 0.519. The summed E-state index contributed by atoms with van der Waals surface area (Å²) < 4.78 is 25.5. The van der Waals surface area contributed by atoms with Crippen LogP contribution in [0.5, 0.6) is 11.5 Å². The maximum Gasteiger partial charge on any atom is 0.223 e. The third-order valence-electron chi connectivity index (χ3n) is 6.97. The lowest BCUT2D eigenvalue weighted by Crippen LogP contribution is -2.41.